The number of fused-ring (bicyclic) bond motifs is 1. The third-order valence-corrected chi connectivity index (χ3v) is 4.21. The van der Waals surface area contributed by atoms with Crippen LogP contribution in [0, 0.1) is 12.8 Å². The fourth-order valence-corrected chi connectivity index (χ4v) is 3.34. The van der Waals surface area contributed by atoms with Crippen molar-refractivity contribution in [2.24, 2.45) is 5.92 Å². The van der Waals surface area contributed by atoms with Crippen molar-refractivity contribution in [1.29, 1.82) is 0 Å². The molecule has 2 fully saturated rings. The highest BCUT2D eigenvalue weighted by Gasteiger charge is 2.37. The standard InChI is InChI=1S/C14H21N3/c1-11-4-3-5-14(15-11)17-9-6-12-10-16(2)8-7-13(12)17/h3-5,12-13H,6-10H2,1-2H3/t12-,13?/m1/s1. The van der Waals surface area contributed by atoms with Crippen molar-refractivity contribution in [3.05, 3.63) is 23.9 Å². The monoisotopic (exact) mass is 231 g/mol. The first kappa shape index (κ1) is 11.0. The average molecular weight is 231 g/mol. The minimum absolute atomic E-state index is 0.723. The summed E-state index contributed by atoms with van der Waals surface area (Å²) in [6.45, 7) is 5.74. The largest absolute Gasteiger partial charge is 0.353 e. The fraction of sp³-hybridized carbons (Fsp3) is 0.643. The van der Waals surface area contributed by atoms with E-state index in [0.29, 0.717) is 0 Å². The van der Waals surface area contributed by atoms with Crippen LogP contribution in [0.5, 0.6) is 0 Å². The quantitative estimate of drug-likeness (QED) is 0.736. The lowest BCUT2D eigenvalue weighted by molar-refractivity contribution is 0.202. The van der Waals surface area contributed by atoms with Crippen molar-refractivity contribution >= 4 is 5.82 Å². The van der Waals surface area contributed by atoms with Gasteiger partial charge >= 0.3 is 0 Å². The molecule has 92 valence electrons. The maximum atomic E-state index is 4.68. The van der Waals surface area contributed by atoms with Gasteiger partial charge in [-0.3, -0.25) is 0 Å². The van der Waals surface area contributed by atoms with Crippen LogP contribution in [0.4, 0.5) is 5.82 Å². The molecule has 3 heteroatoms. The van der Waals surface area contributed by atoms with Crippen molar-refractivity contribution in [2.75, 3.05) is 31.6 Å². The second-order valence-corrected chi connectivity index (χ2v) is 5.50. The van der Waals surface area contributed by atoms with E-state index in [1.165, 1.54) is 38.3 Å². The van der Waals surface area contributed by atoms with Gasteiger partial charge in [-0.15, -0.1) is 0 Å². The second-order valence-electron chi connectivity index (χ2n) is 5.50. The minimum Gasteiger partial charge on any atom is -0.353 e. The normalized spacial score (nSPS) is 29.4. The summed E-state index contributed by atoms with van der Waals surface area (Å²) in [6.07, 6.45) is 2.61. The van der Waals surface area contributed by atoms with Crippen LogP contribution >= 0.6 is 0 Å². The fourth-order valence-electron chi connectivity index (χ4n) is 3.34. The molecule has 1 unspecified atom stereocenters. The van der Waals surface area contributed by atoms with E-state index in [-0.39, 0.29) is 0 Å². The molecule has 3 rings (SSSR count). The number of rotatable bonds is 1. The molecule has 2 saturated heterocycles. The lowest BCUT2D eigenvalue weighted by atomic mass is 9.93. The van der Waals surface area contributed by atoms with Gasteiger partial charge < -0.3 is 9.80 Å². The molecular formula is C14H21N3. The Kier molecular flexibility index (Phi) is 2.79. The summed E-state index contributed by atoms with van der Waals surface area (Å²) in [5.41, 5.74) is 1.12. The zero-order valence-electron chi connectivity index (χ0n) is 10.8. The van der Waals surface area contributed by atoms with Gasteiger partial charge in [-0.2, -0.15) is 0 Å². The zero-order valence-corrected chi connectivity index (χ0v) is 10.8. The first-order valence-electron chi connectivity index (χ1n) is 6.63. The van der Waals surface area contributed by atoms with Crippen LogP contribution in [0.15, 0.2) is 18.2 Å². The Balaban J connectivity index is 1.81. The molecule has 0 N–H and O–H groups in total. The maximum Gasteiger partial charge on any atom is 0.129 e. The number of piperidine rings is 1. The number of pyridine rings is 1. The van der Waals surface area contributed by atoms with Crippen LogP contribution in [0.1, 0.15) is 18.5 Å². The molecule has 2 aliphatic rings. The molecule has 0 bridgehead atoms. The lowest BCUT2D eigenvalue weighted by Crippen LogP contribution is -2.44. The van der Waals surface area contributed by atoms with Crippen LogP contribution in [0.3, 0.4) is 0 Å². The van der Waals surface area contributed by atoms with Crippen molar-refractivity contribution < 1.29 is 0 Å². The summed E-state index contributed by atoms with van der Waals surface area (Å²) >= 11 is 0. The number of nitrogens with zero attached hydrogens (tertiary/aromatic N) is 3. The van der Waals surface area contributed by atoms with Gasteiger partial charge in [-0.05, 0) is 51.4 Å². The van der Waals surface area contributed by atoms with Crippen molar-refractivity contribution in [3.63, 3.8) is 0 Å². The summed E-state index contributed by atoms with van der Waals surface area (Å²) in [5.74, 6) is 2.03. The van der Waals surface area contributed by atoms with E-state index in [1.807, 2.05) is 0 Å². The number of anilines is 1. The highest BCUT2D eigenvalue weighted by molar-refractivity contribution is 5.42. The third-order valence-electron chi connectivity index (χ3n) is 4.21. The molecule has 0 spiro atoms. The van der Waals surface area contributed by atoms with E-state index in [1.54, 1.807) is 0 Å². The average Bonchev–Trinajstić information content (AvgIpc) is 2.71. The smallest absolute Gasteiger partial charge is 0.129 e. The molecule has 0 aromatic carbocycles. The second kappa shape index (κ2) is 4.30. The van der Waals surface area contributed by atoms with Crippen LogP contribution in [0.2, 0.25) is 0 Å². The maximum absolute atomic E-state index is 4.68. The Bertz CT molecular complexity index is 404. The molecule has 2 aliphatic heterocycles. The molecule has 17 heavy (non-hydrogen) atoms. The van der Waals surface area contributed by atoms with Crippen LogP contribution in [-0.4, -0.2) is 42.6 Å². The van der Waals surface area contributed by atoms with Crippen LogP contribution in [0.25, 0.3) is 0 Å². The highest BCUT2D eigenvalue weighted by atomic mass is 15.3. The summed E-state index contributed by atoms with van der Waals surface area (Å²) in [7, 11) is 2.24. The lowest BCUT2D eigenvalue weighted by Gasteiger charge is -2.36. The van der Waals surface area contributed by atoms with E-state index < -0.39 is 0 Å². The molecule has 2 atom stereocenters. The summed E-state index contributed by atoms with van der Waals surface area (Å²) in [5, 5.41) is 0. The summed E-state index contributed by atoms with van der Waals surface area (Å²) in [6, 6.07) is 7.08. The Labute approximate surface area is 103 Å². The van der Waals surface area contributed by atoms with E-state index >= 15 is 0 Å². The minimum atomic E-state index is 0.723. The number of hydrogen-bond donors (Lipinski definition) is 0. The van der Waals surface area contributed by atoms with Gasteiger partial charge in [0.1, 0.15) is 5.82 Å². The number of aromatic nitrogens is 1. The summed E-state index contributed by atoms with van der Waals surface area (Å²) in [4.78, 5) is 9.68. The predicted molar refractivity (Wildman–Crippen MR) is 70.3 cm³/mol. The Morgan fingerprint density at radius 2 is 2.12 bits per heavy atom. The van der Waals surface area contributed by atoms with E-state index in [9.17, 15) is 0 Å². The van der Waals surface area contributed by atoms with Gasteiger partial charge in [0.25, 0.3) is 0 Å². The Morgan fingerprint density at radius 1 is 1.24 bits per heavy atom. The number of likely N-dealkylation sites (tertiary alicyclic amines) is 1. The first-order chi connectivity index (χ1) is 8.24. The molecule has 0 aliphatic carbocycles. The Hall–Kier alpha value is -1.09. The topological polar surface area (TPSA) is 19.4 Å². The van der Waals surface area contributed by atoms with Gasteiger partial charge in [0.15, 0.2) is 0 Å². The van der Waals surface area contributed by atoms with Gasteiger partial charge in [-0.25, -0.2) is 4.98 Å². The van der Waals surface area contributed by atoms with Gasteiger partial charge in [0.2, 0.25) is 0 Å². The Morgan fingerprint density at radius 3 is 2.94 bits per heavy atom. The highest BCUT2D eigenvalue weighted by Crippen LogP contribution is 2.33. The molecule has 1 aromatic heterocycles. The zero-order chi connectivity index (χ0) is 11.8. The van der Waals surface area contributed by atoms with Crippen molar-refractivity contribution in [3.8, 4) is 0 Å². The van der Waals surface area contributed by atoms with Gasteiger partial charge in [0.05, 0.1) is 0 Å². The predicted octanol–water partition coefficient (Wildman–Crippen LogP) is 1.92. The van der Waals surface area contributed by atoms with Crippen LogP contribution in [-0.2, 0) is 0 Å². The van der Waals surface area contributed by atoms with E-state index in [0.717, 1.165) is 17.7 Å². The summed E-state index contributed by atoms with van der Waals surface area (Å²) < 4.78 is 0. The molecule has 0 amide bonds. The number of hydrogen-bond acceptors (Lipinski definition) is 3. The van der Waals surface area contributed by atoms with Crippen molar-refractivity contribution in [2.45, 2.75) is 25.8 Å². The molecule has 3 nitrogen and oxygen atoms in total. The van der Waals surface area contributed by atoms with Crippen LogP contribution < -0.4 is 4.90 Å². The van der Waals surface area contributed by atoms with Gasteiger partial charge in [-0.1, -0.05) is 6.07 Å². The molecule has 0 saturated carbocycles. The molecule has 3 heterocycles. The first-order valence-corrected chi connectivity index (χ1v) is 6.63. The van der Waals surface area contributed by atoms with Gasteiger partial charge in [0, 0.05) is 24.8 Å². The SMILES string of the molecule is Cc1cccc(N2CC[C@@H]3CN(C)CCC32)n1. The number of aryl methyl sites for hydroxylation is 1. The molecule has 1 aromatic rings. The molecular weight excluding hydrogens is 210 g/mol. The molecule has 0 radical (unpaired) electrons. The van der Waals surface area contributed by atoms with E-state index in [4.69, 9.17) is 0 Å². The third kappa shape index (κ3) is 2.04. The van der Waals surface area contributed by atoms with E-state index in [2.05, 4.69) is 47.0 Å². The van der Waals surface area contributed by atoms with Crippen molar-refractivity contribution in [1.82, 2.24) is 9.88 Å².